The third-order valence-corrected chi connectivity index (χ3v) is 3.42. The van der Waals surface area contributed by atoms with Crippen LogP contribution in [-0.4, -0.2) is 58.2 Å². The lowest BCUT2D eigenvalue weighted by atomic mass is 9.86. The van der Waals surface area contributed by atoms with Gasteiger partial charge in [-0.2, -0.15) is 0 Å². The number of nitrogens with zero attached hydrogens (tertiary/aromatic N) is 1. The Labute approximate surface area is 91.5 Å². The summed E-state index contributed by atoms with van der Waals surface area (Å²) in [4.78, 5) is 2.09. The molecule has 4 heteroatoms. The van der Waals surface area contributed by atoms with Crippen LogP contribution >= 0.6 is 0 Å². The number of rotatable bonds is 4. The molecule has 15 heavy (non-hydrogen) atoms. The van der Waals surface area contributed by atoms with Crippen LogP contribution in [0.5, 0.6) is 0 Å². The van der Waals surface area contributed by atoms with E-state index in [1.165, 1.54) is 0 Å². The average Bonchev–Trinajstić information content (AvgIpc) is 2.23. The molecule has 0 aromatic carbocycles. The lowest BCUT2D eigenvalue weighted by molar-refractivity contribution is -0.105. The monoisotopic (exact) mass is 217 g/mol. The number of aliphatic hydroxyl groups is 3. The summed E-state index contributed by atoms with van der Waals surface area (Å²) in [5.74, 6) is -0.0735. The van der Waals surface area contributed by atoms with Gasteiger partial charge in [-0.25, -0.2) is 0 Å². The zero-order valence-corrected chi connectivity index (χ0v) is 9.63. The van der Waals surface area contributed by atoms with E-state index in [2.05, 4.69) is 11.8 Å². The first-order chi connectivity index (χ1) is 7.11. The smallest absolute Gasteiger partial charge is 0.0928 e. The number of β-amino-alcohol motifs (C(OH)–C–C–N with tert-alkyl or cyclic N) is 1. The van der Waals surface area contributed by atoms with E-state index in [0.29, 0.717) is 6.54 Å². The topological polar surface area (TPSA) is 63.9 Å². The first-order valence-corrected chi connectivity index (χ1v) is 5.82. The lowest BCUT2D eigenvalue weighted by Gasteiger charge is -2.44. The van der Waals surface area contributed by atoms with Crippen molar-refractivity contribution in [1.29, 1.82) is 0 Å². The maximum absolute atomic E-state index is 9.70. The predicted molar refractivity (Wildman–Crippen MR) is 58.5 cm³/mol. The molecular weight excluding hydrogens is 194 g/mol. The zero-order chi connectivity index (χ0) is 11.4. The van der Waals surface area contributed by atoms with Crippen LogP contribution in [0.1, 0.15) is 26.7 Å². The van der Waals surface area contributed by atoms with Gasteiger partial charge in [0.15, 0.2) is 0 Å². The first-order valence-electron chi connectivity index (χ1n) is 5.82. The van der Waals surface area contributed by atoms with Crippen LogP contribution in [0.2, 0.25) is 0 Å². The van der Waals surface area contributed by atoms with Crippen molar-refractivity contribution < 1.29 is 15.3 Å². The van der Waals surface area contributed by atoms with Gasteiger partial charge in [-0.05, 0) is 13.0 Å². The minimum Gasteiger partial charge on any atom is -0.395 e. The molecule has 3 N–H and O–H groups in total. The van der Waals surface area contributed by atoms with Gasteiger partial charge in [-0.1, -0.05) is 20.3 Å². The van der Waals surface area contributed by atoms with Crippen LogP contribution in [0.4, 0.5) is 0 Å². The molecular formula is C11H23NO3. The van der Waals surface area contributed by atoms with E-state index in [0.717, 1.165) is 19.4 Å². The van der Waals surface area contributed by atoms with Crippen molar-refractivity contribution in [3.05, 3.63) is 0 Å². The Kier molecular flexibility index (Phi) is 4.99. The van der Waals surface area contributed by atoms with Crippen LogP contribution < -0.4 is 0 Å². The Balaban J connectivity index is 2.60. The van der Waals surface area contributed by atoms with Crippen LogP contribution in [0.25, 0.3) is 0 Å². The minimum absolute atomic E-state index is 0.0186. The molecule has 0 radical (unpaired) electrons. The molecule has 0 amide bonds. The Morgan fingerprint density at radius 2 is 2.00 bits per heavy atom. The minimum atomic E-state index is -0.708. The fourth-order valence-corrected chi connectivity index (χ4v) is 2.29. The molecule has 1 saturated heterocycles. The first kappa shape index (κ1) is 12.9. The number of aliphatic hydroxyl groups excluding tert-OH is 3. The van der Waals surface area contributed by atoms with Gasteiger partial charge < -0.3 is 15.3 Å². The van der Waals surface area contributed by atoms with Gasteiger partial charge in [0.2, 0.25) is 0 Å². The van der Waals surface area contributed by atoms with Gasteiger partial charge in [0.1, 0.15) is 0 Å². The number of piperidine rings is 1. The van der Waals surface area contributed by atoms with Crippen LogP contribution in [0, 0.1) is 5.92 Å². The fraction of sp³-hybridized carbons (Fsp3) is 1.00. The van der Waals surface area contributed by atoms with E-state index in [-0.39, 0.29) is 18.6 Å². The van der Waals surface area contributed by atoms with E-state index in [1.807, 2.05) is 6.92 Å². The number of unbranched alkanes of at least 4 members (excludes halogenated alkanes) is 1. The molecule has 0 spiro atoms. The van der Waals surface area contributed by atoms with Gasteiger partial charge in [0.05, 0.1) is 18.8 Å². The van der Waals surface area contributed by atoms with Gasteiger partial charge >= 0.3 is 0 Å². The van der Waals surface area contributed by atoms with Crippen molar-refractivity contribution in [3.8, 4) is 0 Å². The van der Waals surface area contributed by atoms with Crippen molar-refractivity contribution in [2.75, 3.05) is 19.7 Å². The third-order valence-electron chi connectivity index (χ3n) is 3.42. The summed E-state index contributed by atoms with van der Waals surface area (Å²) in [6, 6.07) is -0.0186. The zero-order valence-electron chi connectivity index (χ0n) is 9.63. The second kappa shape index (κ2) is 5.80. The number of hydrogen-bond acceptors (Lipinski definition) is 4. The van der Waals surface area contributed by atoms with Crippen molar-refractivity contribution in [2.45, 2.75) is 44.9 Å². The van der Waals surface area contributed by atoms with Gasteiger partial charge in [0, 0.05) is 18.5 Å². The highest BCUT2D eigenvalue weighted by atomic mass is 16.3. The molecule has 0 bridgehead atoms. The Morgan fingerprint density at radius 3 is 2.53 bits per heavy atom. The van der Waals surface area contributed by atoms with E-state index in [9.17, 15) is 15.3 Å². The number of likely N-dealkylation sites (tertiary alicyclic amines) is 1. The average molecular weight is 217 g/mol. The fourth-order valence-electron chi connectivity index (χ4n) is 2.29. The maximum atomic E-state index is 9.70. The van der Waals surface area contributed by atoms with Crippen molar-refractivity contribution >= 4 is 0 Å². The highest BCUT2D eigenvalue weighted by Gasteiger charge is 2.38. The van der Waals surface area contributed by atoms with E-state index in [4.69, 9.17) is 0 Å². The van der Waals surface area contributed by atoms with E-state index < -0.39 is 12.2 Å². The van der Waals surface area contributed by atoms with Crippen molar-refractivity contribution in [1.82, 2.24) is 4.90 Å². The van der Waals surface area contributed by atoms with Crippen molar-refractivity contribution in [3.63, 3.8) is 0 Å². The van der Waals surface area contributed by atoms with Crippen molar-refractivity contribution in [2.24, 2.45) is 5.92 Å². The normalized spacial score (nSPS) is 38.2. The molecule has 0 aliphatic carbocycles. The molecule has 4 atom stereocenters. The molecule has 0 saturated carbocycles. The Hall–Kier alpha value is -0.160. The van der Waals surface area contributed by atoms with Gasteiger partial charge in [-0.15, -0.1) is 0 Å². The Bertz CT molecular complexity index is 189. The SMILES string of the molecule is CCCCN1C[C@H](O)[C@@H](O)[C@H](C)[C@H]1CO. The number of hydrogen-bond donors (Lipinski definition) is 3. The van der Waals surface area contributed by atoms with Gasteiger partial charge in [0.25, 0.3) is 0 Å². The summed E-state index contributed by atoms with van der Waals surface area (Å²) >= 11 is 0. The Morgan fingerprint density at radius 1 is 1.33 bits per heavy atom. The summed E-state index contributed by atoms with van der Waals surface area (Å²) in [7, 11) is 0. The molecule has 1 aliphatic rings. The lowest BCUT2D eigenvalue weighted by Crippen LogP contribution is -2.58. The molecule has 0 aromatic heterocycles. The summed E-state index contributed by atoms with van der Waals surface area (Å²) in [5, 5.41) is 28.7. The molecule has 4 nitrogen and oxygen atoms in total. The summed E-state index contributed by atoms with van der Waals surface area (Å²) in [6.07, 6.45) is 0.771. The molecule has 1 aliphatic heterocycles. The van der Waals surface area contributed by atoms with Crippen LogP contribution in [-0.2, 0) is 0 Å². The molecule has 0 unspecified atom stereocenters. The predicted octanol–water partition coefficient (Wildman–Crippen LogP) is -0.179. The molecule has 1 heterocycles. The van der Waals surface area contributed by atoms with Crippen LogP contribution in [0.3, 0.4) is 0 Å². The third kappa shape index (κ3) is 2.91. The van der Waals surface area contributed by atoms with E-state index >= 15 is 0 Å². The largest absolute Gasteiger partial charge is 0.395 e. The van der Waals surface area contributed by atoms with Crippen LogP contribution in [0.15, 0.2) is 0 Å². The standard InChI is InChI=1S/C11H23NO3/c1-3-4-5-12-6-10(14)11(15)8(2)9(12)7-13/h8-11,13-15H,3-7H2,1-2H3/t8-,9-,10+,11+/m1/s1. The second-order valence-electron chi connectivity index (χ2n) is 4.52. The quantitative estimate of drug-likeness (QED) is 0.611. The maximum Gasteiger partial charge on any atom is 0.0928 e. The summed E-state index contributed by atoms with van der Waals surface area (Å²) in [6.45, 7) is 5.40. The highest BCUT2D eigenvalue weighted by Crippen LogP contribution is 2.24. The summed E-state index contributed by atoms with van der Waals surface area (Å²) < 4.78 is 0. The second-order valence-corrected chi connectivity index (χ2v) is 4.52. The molecule has 0 aromatic rings. The van der Waals surface area contributed by atoms with E-state index in [1.54, 1.807) is 0 Å². The molecule has 90 valence electrons. The molecule has 1 fully saturated rings. The van der Waals surface area contributed by atoms with Gasteiger partial charge in [-0.3, -0.25) is 4.90 Å². The summed E-state index contributed by atoms with van der Waals surface area (Å²) in [5.41, 5.74) is 0. The molecule has 1 rings (SSSR count). The highest BCUT2D eigenvalue weighted by molar-refractivity contribution is 4.91.